The van der Waals surface area contributed by atoms with Gasteiger partial charge >= 0.3 is 5.97 Å². The van der Waals surface area contributed by atoms with E-state index in [1.165, 1.54) is 13.2 Å². The number of ether oxygens (including phenoxy) is 1. The van der Waals surface area contributed by atoms with Crippen molar-refractivity contribution < 1.29 is 9.53 Å². The highest BCUT2D eigenvalue weighted by atomic mass is 16.5. The minimum atomic E-state index is -0.416. The number of nitrogens with one attached hydrogen (secondary N) is 1. The Balaban J connectivity index is 3.12. The second kappa shape index (κ2) is 5.71. The molecule has 0 amide bonds. The molecule has 0 aromatic carbocycles. The van der Waals surface area contributed by atoms with Crippen LogP contribution in [0.4, 0.5) is 11.5 Å². The van der Waals surface area contributed by atoms with Crippen LogP contribution in [0.25, 0.3) is 0 Å². The molecule has 0 radical (unpaired) electrons. The molecule has 0 aliphatic rings. The van der Waals surface area contributed by atoms with E-state index in [-0.39, 0.29) is 5.54 Å². The number of nitrogen functional groups attached to an aromatic ring is 1. The second-order valence-electron chi connectivity index (χ2n) is 4.54. The first kappa shape index (κ1) is 14.3. The van der Waals surface area contributed by atoms with Crippen molar-refractivity contribution in [2.45, 2.75) is 39.2 Å². The topological polar surface area (TPSA) is 77.2 Å². The zero-order valence-electron chi connectivity index (χ0n) is 11.4. The normalized spacial score (nSPS) is 11.1. The Bertz CT molecular complexity index is 428. The van der Waals surface area contributed by atoms with Crippen LogP contribution in [0.5, 0.6) is 0 Å². The van der Waals surface area contributed by atoms with E-state index in [0.29, 0.717) is 17.1 Å². The van der Waals surface area contributed by atoms with Crippen molar-refractivity contribution in [3.63, 3.8) is 0 Å². The Morgan fingerprint density at radius 1 is 1.50 bits per heavy atom. The maximum Gasteiger partial charge on any atom is 0.340 e. The van der Waals surface area contributed by atoms with Gasteiger partial charge in [0.1, 0.15) is 5.82 Å². The third-order valence-corrected chi connectivity index (χ3v) is 3.33. The van der Waals surface area contributed by atoms with E-state index in [9.17, 15) is 4.79 Å². The predicted molar refractivity (Wildman–Crippen MR) is 72.6 cm³/mol. The van der Waals surface area contributed by atoms with Crippen molar-refractivity contribution in [1.29, 1.82) is 0 Å². The Morgan fingerprint density at radius 3 is 2.61 bits per heavy atom. The number of methoxy groups -OCH3 is 1. The average Bonchev–Trinajstić information content (AvgIpc) is 2.39. The van der Waals surface area contributed by atoms with Gasteiger partial charge in [-0.3, -0.25) is 0 Å². The molecule has 5 nitrogen and oxygen atoms in total. The smallest absolute Gasteiger partial charge is 0.340 e. The van der Waals surface area contributed by atoms with Crippen LogP contribution in [-0.2, 0) is 4.74 Å². The largest absolute Gasteiger partial charge is 0.465 e. The summed E-state index contributed by atoms with van der Waals surface area (Å²) in [7, 11) is 1.35. The van der Waals surface area contributed by atoms with Crippen molar-refractivity contribution in [3.05, 3.63) is 17.8 Å². The molecule has 1 heterocycles. The summed E-state index contributed by atoms with van der Waals surface area (Å²) in [6.07, 6.45) is 3.45. The lowest BCUT2D eigenvalue weighted by Gasteiger charge is -2.30. The van der Waals surface area contributed by atoms with Crippen molar-refractivity contribution in [2.75, 3.05) is 18.2 Å². The Kier molecular flexibility index (Phi) is 4.53. The van der Waals surface area contributed by atoms with Gasteiger partial charge in [-0.05, 0) is 25.8 Å². The molecule has 0 unspecified atom stereocenters. The predicted octanol–water partition coefficient (Wildman–Crippen LogP) is 2.44. The summed E-state index contributed by atoms with van der Waals surface area (Å²) in [4.78, 5) is 15.7. The minimum Gasteiger partial charge on any atom is -0.465 e. The molecule has 3 N–H and O–H groups in total. The molecule has 0 aliphatic carbocycles. The number of nitrogens with two attached hydrogens (primary N) is 1. The maximum atomic E-state index is 11.7. The highest BCUT2D eigenvalue weighted by molar-refractivity contribution is 5.96. The third-order valence-electron chi connectivity index (χ3n) is 3.33. The first-order chi connectivity index (χ1) is 8.45. The van der Waals surface area contributed by atoms with Gasteiger partial charge < -0.3 is 15.8 Å². The van der Waals surface area contributed by atoms with E-state index in [0.717, 1.165) is 12.8 Å². The summed E-state index contributed by atoms with van der Waals surface area (Å²) in [5.41, 5.74) is 6.59. The molecule has 1 aromatic heterocycles. The van der Waals surface area contributed by atoms with Crippen LogP contribution < -0.4 is 11.1 Å². The summed E-state index contributed by atoms with van der Waals surface area (Å²) < 4.78 is 4.75. The fourth-order valence-electron chi connectivity index (χ4n) is 1.60. The molecule has 0 fully saturated rings. The standard InChI is InChI=1S/C13H21N3O2/c1-5-13(3,6-2)16-10-8-15-11(14)7-9(10)12(17)18-4/h7-8,16H,5-6H2,1-4H3,(H2,14,15). The molecular weight excluding hydrogens is 230 g/mol. The number of rotatable bonds is 5. The molecule has 0 saturated heterocycles. The molecule has 0 aliphatic heterocycles. The van der Waals surface area contributed by atoms with Crippen LogP contribution in [-0.4, -0.2) is 23.6 Å². The highest BCUT2D eigenvalue weighted by Crippen LogP contribution is 2.25. The Hall–Kier alpha value is -1.78. The lowest BCUT2D eigenvalue weighted by atomic mass is 9.95. The summed E-state index contributed by atoms with van der Waals surface area (Å²) in [6, 6.07) is 1.53. The summed E-state index contributed by atoms with van der Waals surface area (Å²) >= 11 is 0. The van der Waals surface area contributed by atoms with Crippen LogP contribution in [0, 0.1) is 0 Å². The van der Waals surface area contributed by atoms with Crippen LogP contribution in [0.1, 0.15) is 44.0 Å². The molecule has 0 saturated carbocycles. The Morgan fingerprint density at radius 2 is 2.11 bits per heavy atom. The number of pyridine rings is 1. The Labute approximate surface area is 108 Å². The fraction of sp³-hybridized carbons (Fsp3) is 0.538. The third kappa shape index (κ3) is 3.12. The molecule has 0 bridgehead atoms. The first-order valence-electron chi connectivity index (χ1n) is 6.07. The zero-order valence-corrected chi connectivity index (χ0v) is 11.4. The number of nitrogens with zero attached hydrogens (tertiary/aromatic N) is 1. The van der Waals surface area contributed by atoms with E-state index in [1.807, 2.05) is 0 Å². The summed E-state index contributed by atoms with van der Waals surface area (Å²) in [5, 5.41) is 3.35. The van der Waals surface area contributed by atoms with Gasteiger partial charge in [-0.2, -0.15) is 0 Å². The molecule has 0 atom stereocenters. The first-order valence-corrected chi connectivity index (χ1v) is 6.07. The molecular formula is C13H21N3O2. The molecule has 1 aromatic rings. The number of carbonyl (C=O) groups excluding carboxylic acids is 1. The average molecular weight is 251 g/mol. The van der Waals surface area contributed by atoms with Crippen molar-refractivity contribution in [2.24, 2.45) is 0 Å². The number of hydrogen-bond acceptors (Lipinski definition) is 5. The molecule has 100 valence electrons. The van der Waals surface area contributed by atoms with E-state index in [1.54, 1.807) is 6.20 Å². The van der Waals surface area contributed by atoms with Crippen molar-refractivity contribution >= 4 is 17.5 Å². The van der Waals surface area contributed by atoms with Crippen LogP contribution in [0.3, 0.4) is 0 Å². The zero-order chi connectivity index (χ0) is 13.8. The van der Waals surface area contributed by atoms with Gasteiger partial charge in [0.2, 0.25) is 0 Å². The maximum absolute atomic E-state index is 11.7. The molecule has 1 rings (SSSR count). The summed E-state index contributed by atoms with van der Waals surface area (Å²) in [6.45, 7) is 6.29. The highest BCUT2D eigenvalue weighted by Gasteiger charge is 2.22. The van der Waals surface area contributed by atoms with E-state index in [2.05, 4.69) is 31.1 Å². The number of carbonyl (C=O) groups is 1. The molecule has 5 heteroatoms. The summed E-state index contributed by atoms with van der Waals surface area (Å²) in [5.74, 6) is -0.114. The van der Waals surface area contributed by atoms with Crippen LogP contribution in [0.2, 0.25) is 0 Å². The van der Waals surface area contributed by atoms with Gasteiger partial charge in [0.15, 0.2) is 0 Å². The van der Waals surface area contributed by atoms with Crippen molar-refractivity contribution in [1.82, 2.24) is 4.98 Å². The van der Waals surface area contributed by atoms with Gasteiger partial charge in [-0.15, -0.1) is 0 Å². The van der Waals surface area contributed by atoms with Gasteiger partial charge in [0.25, 0.3) is 0 Å². The van der Waals surface area contributed by atoms with Gasteiger partial charge in [0.05, 0.1) is 24.6 Å². The number of esters is 1. The van der Waals surface area contributed by atoms with E-state index in [4.69, 9.17) is 10.5 Å². The SMILES string of the molecule is CCC(C)(CC)Nc1cnc(N)cc1C(=O)OC. The minimum absolute atomic E-state index is 0.0828. The van der Waals surface area contributed by atoms with Crippen LogP contribution >= 0.6 is 0 Å². The second-order valence-corrected chi connectivity index (χ2v) is 4.54. The van der Waals surface area contributed by atoms with E-state index >= 15 is 0 Å². The van der Waals surface area contributed by atoms with Gasteiger partial charge in [-0.1, -0.05) is 13.8 Å². The van der Waals surface area contributed by atoms with Crippen LogP contribution in [0.15, 0.2) is 12.3 Å². The van der Waals surface area contributed by atoms with E-state index < -0.39 is 5.97 Å². The quantitative estimate of drug-likeness (QED) is 0.786. The number of aromatic nitrogens is 1. The number of anilines is 2. The number of hydrogen-bond donors (Lipinski definition) is 2. The van der Waals surface area contributed by atoms with Gasteiger partial charge in [-0.25, -0.2) is 9.78 Å². The van der Waals surface area contributed by atoms with Crippen molar-refractivity contribution in [3.8, 4) is 0 Å². The van der Waals surface area contributed by atoms with Gasteiger partial charge in [0, 0.05) is 5.54 Å². The lowest BCUT2D eigenvalue weighted by Crippen LogP contribution is -2.33. The molecule has 0 spiro atoms. The fourth-order valence-corrected chi connectivity index (χ4v) is 1.60. The molecule has 18 heavy (non-hydrogen) atoms. The monoisotopic (exact) mass is 251 g/mol. The lowest BCUT2D eigenvalue weighted by molar-refractivity contribution is 0.0601.